The molecule has 0 saturated carbocycles. The minimum atomic E-state index is -0.321. The summed E-state index contributed by atoms with van der Waals surface area (Å²) in [4.78, 5) is 26.4. The lowest BCUT2D eigenvalue weighted by molar-refractivity contribution is -0.111. The molecule has 6 heteroatoms. The molecule has 0 saturated heterocycles. The number of carbonyl (C=O) groups excluding carboxylic acids is 2. The molecule has 5 nitrogen and oxygen atoms in total. The van der Waals surface area contributed by atoms with E-state index in [0.717, 1.165) is 25.2 Å². The van der Waals surface area contributed by atoms with Gasteiger partial charge in [-0.15, -0.1) is 0 Å². The van der Waals surface area contributed by atoms with Crippen LogP contribution in [0.2, 0.25) is 0 Å². The number of nitrogens with zero attached hydrogens (tertiary/aromatic N) is 1. The molecule has 0 heterocycles. The summed E-state index contributed by atoms with van der Waals surface area (Å²) >= 11 is 0. The van der Waals surface area contributed by atoms with Crippen LogP contribution in [0.4, 0.5) is 10.1 Å². The van der Waals surface area contributed by atoms with Crippen molar-refractivity contribution in [1.29, 1.82) is 0 Å². The van der Waals surface area contributed by atoms with Crippen LogP contribution in [-0.4, -0.2) is 42.9 Å². The Morgan fingerprint density at radius 2 is 1.64 bits per heavy atom. The Kier molecular flexibility index (Phi) is 8.37. The third kappa shape index (κ3) is 6.96. The van der Waals surface area contributed by atoms with Gasteiger partial charge in [-0.1, -0.05) is 26.0 Å². The van der Waals surface area contributed by atoms with Crippen LogP contribution in [0.5, 0.6) is 0 Å². The first-order chi connectivity index (χ1) is 13.5. The molecule has 0 spiro atoms. The first-order valence-electron chi connectivity index (χ1n) is 9.37. The normalized spacial score (nSPS) is 11.0. The van der Waals surface area contributed by atoms with Gasteiger partial charge in [0, 0.05) is 30.4 Å². The van der Waals surface area contributed by atoms with Gasteiger partial charge < -0.3 is 15.5 Å². The first-order valence-corrected chi connectivity index (χ1v) is 9.37. The smallest absolute Gasteiger partial charge is 0.251 e. The average molecular weight is 383 g/mol. The molecular formula is C22H26FN3O2. The predicted octanol–water partition coefficient (Wildman–Crippen LogP) is 3.55. The largest absolute Gasteiger partial charge is 0.351 e. The van der Waals surface area contributed by atoms with Gasteiger partial charge in [0.1, 0.15) is 5.82 Å². The van der Waals surface area contributed by atoms with Crippen molar-refractivity contribution in [3.8, 4) is 0 Å². The molecular weight excluding hydrogens is 357 g/mol. The Labute approximate surface area is 165 Å². The quantitative estimate of drug-likeness (QED) is 0.651. The second-order valence-corrected chi connectivity index (χ2v) is 6.23. The number of nitrogens with one attached hydrogen (secondary N) is 2. The van der Waals surface area contributed by atoms with E-state index in [1.807, 2.05) is 0 Å². The fourth-order valence-corrected chi connectivity index (χ4v) is 2.60. The molecule has 2 N–H and O–H groups in total. The molecule has 2 rings (SSSR count). The third-order valence-corrected chi connectivity index (χ3v) is 4.32. The number of anilines is 1. The van der Waals surface area contributed by atoms with E-state index in [1.54, 1.807) is 42.5 Å². The van der Waals surface area contributed by atoms with Crippen molar-refractivity contribution in [1.82, 2.24) is 10.2 Å². The summed E-state index contributed by atoms with van der Waals surface area (Å²) < 4.78 is 12.9. The lowest BCUT2D eigenvalue weighted by Gasteiger charge is -2.17. The van der Waals surface area contributed by atoms with E-state index >= 15 is 0 Å². The second-order valence-electron chi connectivity index (χ2n) is 6.23. The van der Waals surface area contributed by atoms with Crippen molar-refractivity contribution in [3.63, 3.8) is 0 Å². The summed E-state index contributed by atoms with van der Waals surface area (Å²) in [5.74, 6) is -0.763. The number of carbonyl (C=O) groups is 2. The van der Waals surface area contributed by atoms with Gasteiger partial charge in [-0.3, -0.25) is 9.59 Å². The van der Waals surface area contributed by atoms with Gasteiger partial charge in [0.15, 0.2) is 0 Å². The molecule has 2 amide bonds. The van der Waals surface area contributed by atoms with Crippen LogP contribution in [0.3, 0.4) is 0 Å². The number of hydrogen-bond acceptors (Lipinski definition) is 3. The van der Waals surface area contributed by atoms with Gasteiger partial charge in [0.25, 0.3) is 5.91 Å². The second kappa shape index (κ2) is 11.0. The van der Waals surface area contributed by atoms with Crippen molar-refractivity contribution < 1.29 is 14.0 Å². The molecule has 148 valence electrons. The highest BCUT2D eigenvalue weighted by Crippen LogP contribution is 2.10. The number of rotatable bonds is 9. The molecule has 2 aromatic carbocycles. The molecule has 0 aliphatic heterocycles. The third-order valence-electron chi connectivity index (χ3n) is 4.32. The van der Waals surface area contributed by atoms with Crippen molar-refractivity contribution in [3.05, 3.63) is 71.6 Å². The number of halogens is 1. The number of hydrogen-bond donors (Lipinski definition) is 2. The molecule has 0 fully saturated rings. The highest BCUT2D eigenvalue weighted by atomic mass is 19.1. The molecule has 0 aliphatic rings. The summed E-state index contributed by atoms with van der Waals surface area (Å²) in [7, 11) is 0. The Morgan fingerprint density at radius 3 is 2.25 bits per heavy atom. The summed E-state index contributed by atoms with van der Waals surface area (Å²) in [6.45, 7) is 7.49. The van der Waals surface area contributed by atoms with Crippen LogP contribution in [0.1, 0.15) is 29.8 Å². The van der Waals surface area contributed by atoms with Crippen LogP contribution in [0.15, 0.2) is 54.6 Å². The first kappa shape index (κ1) is 21.3. The fourth-order valence-electron chi connectivity index (χ4n) is 2.60. The summed E-state index contributed by atoms with van der Waals surface area (Å²) in [5.41, 5.74) is 1.86. The summed E-state index contributed by atoms with van der Waals surface area (Å²) in [5, 5.41) is 5.62. The van der Waals surface area contributed by atoms with Gasteiger partial charge in [0.05, 0.1) is 0 Å². The van der Waals surface area contributed by atoms with E-state index < -0.39 is 0 Å². The van der Waals surface area contributed by atoms with Crippen molar-refractivity contribution in [2.24, 2.45) is 0 Å². The van der Waals surface area contributed by atoms with Crippen LogP contribution in [0.25, 0.3) is 6.08 Å². The molecule has 0 bridgehead atoms. The lowest BCUT2D eigenvalue weighted by atomic mass is 10.2. The maximum absolute atomic E-state index is 12.9. The number of benzene rings is 2. The Hall–Kier alpha value is -2.99. The summed E-state index contributed by atoms with van der Waals surface area (Å²) in [6.07, 6.45) is 2.98. The predicted molar refractivity (Wildman–Crippen MR) is 111 cm³/mol. The van der Waals surface area contributed by atoms with Crippen molar-refractivity contribution in [2.45, 2.75) is 13.8 Å². The minimum absolute atomic E-state index is 0.138. The lowest BCUT2D eigenvalue weighted by Crippen LogP contribution is -2.34. The van der Waals surface area contributed by atoms with E-state index in [0.29, 0.717) is 17.8 Å². The number of likely N-dealkylation sites (N-methyl/N-ethyl adjacent to an activating group) is 1. The van der Waals surface area contributed by atoms with Crippen molar-refractivity contribution >= 4 is 23.6 Å². The highest BCUT2D eigenvalue weighted by molar-refractivity contribution is 6.02. The number of amides is 2. The summed E-state index contributed by atoms with van der Waals surface area (Å²) in [6, 6.07) is 12.6. The Morgan fingerprint density at radius 1 is 1.00 bits per heavy atom. The molecule has 0 unspecified atom stereocenters. The van der Waals surface area contributed by atoms with E-state index in [-0.39, 0.29) is 17.6 Å². The molecule has 0 radical (unpaired) electrons. The van der Waals surface area contributed by atoms with Gasteiger partial charge in [-0.05, 0) is 61.1 Å². The van der Waals surface area contributed by atoms with Gasteiger partial charge in [-0.25, -0.2) is 4.39 Å². The zero-order valence-corrected chi connectivity index (χ0v) is 16.2. The maximum Gasteiger partial charge on any atom is 0.251 e. The van der Waals surface area contributed by atoms with Crippen LogP contribution < -0.4 is 10.6 Å². The maximum atomic E-state index is 12.9. The topological polar surface area (TPSA) is 61.4 Å². The molecule has 0 atom stereocenters. The van der Waals surface area contributed by atoms with Gasteiger partial charge in [-0.2, -0.15) is 0 Å². The Balaban J connectivity index is 1.83. The van der Waals surface area contributed by atoms with Crippen LogP contribution in [0, 0.1) is 5.82 Å². The minimum Gasteiger partial charge on any atom is -0.351 e. The highest BCUT2D eigenvalue weighted by Gasteiger charge is 2.06. The Bertz CT molecular complexity index is 798. The van der Waals surface area contributed by atoms with E-state index in [9.17, 15) is 14.0 Å². The molecule has 0 aliphatic carbocycles. The SMILES string of the molecule is CCN(CC)CCNC(=O)c1ccc(NC(=O)/C=C/c2ccc(F)cc2)cc1. The van der Waals surface area contributed by atoms with Gasteiger partial charge in [0.2, 0.25) is 5.91 Å². The van der Waals surface area contributed by atoms with Crippen molar-refractivity contribution in [2.75, 3.05) is 31.5 Å². The standard InChI is InChI=1S/C22H26FN3O2/c1-3-26(4-2)16-15-24-22(28)18-8-12-20(13-9-18)25-21(27)14-7-17-5-10-19(23)11-6-17/h5-14H,3-4,15-16H2,1-2H3,(H,24,28)(H,25,27)/b14-7+. The zero-order valence-electron chi connectivity index (χ0n) is 16.2. The zero-order chi connectivity index (χ0) is 20.4. The monoisotopic (exact) mass is 383 g/mol. The average Bonchev–Trinajstić information content (AvgIpc) is 2.71. The molecule has 0 aromatic heterocycles. The van der Waals surface area contributed by atoms with E-state index in [1.165, 1.54) is 18.2 Å². The van der Waals surface area contributed by atoms with Crippen LogP contribution in [-0.2, 0) is 4.79 Å². The van der Waals surface area contributed by atoms with E-state index in [2.05, 4.69) is 29.4 Å². The van der Waals surface area contributed by atoms with Gasteiger partial charge >= 0.3 is 0 Å². The van der Waals surface area contributed by atoms with E-state index in [4.69, 9.17) is 0 Å². The molecule has 28 heavy (non-hydrogen) atoms. The molecule has 2 aromatic rings. The van der Waals surface area contributed by atoms with Crippen LogP contribution >= 0.6 is 0 Å². The fraction of sp³-hybridized carbons (Fsp3) is 0.273.